The standard InChI is InChI=1S/C27H32N4O12/c32-22(33)12-28(18-6-1-3-8-20(18)30(14-24(36)37)15-25(38)39)10-5-11-29(13-23(34)35)19-7-2-4-9-21(19)31(16-26(40)41)17-27(42)43/h1-4,6-9H,5,10-17H2,(H,32,33)(H,34,35)(H,36,37)(H,38,39)(H,40,41)(H,42,43). The number of hydrogen-bond acceptors (Lipinski definition) is 10. The molecule has 0 saturated carbocycles. The molecule has 16 heteroatoms. The van der Waals surface area contributed by atoms with E-state index in [4.69, 9.17) is 0 Å². The zero-order valence-corrected chi connectivity index (χ0v) is 22.9. The molecule has 0 aromatic heterocycles. The van der Waals surface area contributed by atoms with Crippen LogP contribution in [-0.2, 0) is 28.8 Å². The Morgan fingerprint density at radius 1 is 0.395 bits per heavy atom. The minimum atomic E-state index is -1.30. The van der Waals surface area contributed by atoms with Crippen molar-refractivity contribution in [3.05, 3.63) is 48.5 Å². The third kappa shape index (κ3) is 11.1. The summed E-state index contributed by atoms with van der Waals surface area (Å²) in [7, 11) is 0. The zero-order chi connectivity index (χ0) is 32.1. The van der Waals surface area contributed by atoms with Crippen LogP contribution in [0.1, 0.15) is 6.42 Å². The van der Waals surface area contributed by atoms with Crippen molar-refractivity contribution in [2.45, 2.75) is 6.42 Å². The van der Waals surface area contributed by atoms with Crippen LogP contribution in [0.3, 0.4) is 0 Å². The third-order valence-corrected chi connectivity index (χ3v) is 5.94. The summed E-state index contributed by atoms with van der Waals surface area (Å²) in [6.45, 7) is -3.77. The molecule has 0 spiro atoms. The maximum absolute atomic E-state index is 11.7. The van der Waals surface area contributed by atoms with E-state index in [9.17, 15) is 59.4 Å². The molecule has 0 aliphatic rings. The Hall–Kier alpha value is -5.54. The van der Waals surface area contributed by atoms with Gasteiger partial charge in [-0.1, -0.05) is 24.3 Å². The molecule has 0 aliphatic heterocycles. The van der Waals surface area contributed by atoms with E-state index in [1.54, 1.807) is 24.3 Å². The van der Waals surface area contributed by atoms with Gasteiger partial charge in [-0.25, -0.2) is 0 Å². The number of carboxylic acids is 6. The summed E-state index contributed by atoms with van der Waals surface area (Å²) < 4.78 is 0. The Kier molecular flexibility index (Phi) is 12.6. The Labute approximate surface area is 245 Å². The first kappa shape index (κ1) is 33.7. The van der Waals surface area contributed by atoms with E-state index in [2.05, 4.69) is 0 Å². The van der Waals surface area contributed by atoms with Crippen LogP contribution in [0, 0.1) is 0 Å². The van der Waals surface area contributed by atoms with Gasteiger partial charge in [-0.3, -0.25) is 28.8 Å². The Bertz CT molecular complexity index is 1200. The van der Waals surface area contributed by atoms with Gasteiger partial charge in [-0.15, -0.1) is 0 Å². The highest BCUT2D eigenvalue weighted by Crippen LogP contribution is 2.31. The fourth-order valence-corrected chi connectivity index (χ4v) is 4.45. The average molecular weight is 605 g/mol. The summed E-state index contributed by atoms with van der Waals surface area (Å²) in [5.74, 6) is -7.67. The second-order valence-electron chi connectivity index (χ2n) is 9.25. The van der Waals surface area contributed by atoms with Crippen LogP contribution in [0.2, 0.25) is 0 Å². The molecule has 232 valence electrons. The van der Waals surface area contributed by atoms with Crippen molar-refractivity contribution in [1.82, 2.24) is 0 Å². The van der Waals surface area contributed by atoms with E-state index < -0.39 is 75.1 Å². The topological polar surface area (TPSA) is 237 Å². The van der Waals surface area contributed by atoms with Gasteiger partial charge in [0.25, 0.3) is 0 Å². The summed E-state index contributed by atoms with van der Waals surface area (Å²) in [6, 6.07) is 12.2. The predicted octanol–water partition coefficient (Wildman–Crippen LogP) is 0.510. The SMILES string of the molecule is O=C(O)CN(CCCN(CC(=O)O)c1ccccc1N(CC(=O)O)CC(=O)O)c1ccccc1N(CC(=O)O)CC(=O)O. The molecule has 0 unspecified atom stereocenters. The molecule has 0 heterocycles. The molecule has 0 atom stereocenters. The number of hydrogen-bond donors (Lipinski definition) is 6. The minimum absolute atomic E-state index is 0.00352. The van der Waals surface area contributed by atoms with Crippen molar-refractivity contribution in [2.24, 2.45) is 0 Å². The van der Waals surface area contributed by atoms with Gasteiger partial charge in [0.15, 0.2) is 0 Å². The van der Waals surface area contributed by atoms with Crippen LogP contribution in [0.4, 0.5) is 22.7 Å². The smallest absolute Gasteiger partial charge is 0.323 e. The minimum Gasteiger partial charge on any atom is -0.480 e. The van der Waals surface area contributed by atoms with E-state index in [1.165, 1.54) is 34.1 Å². The molecule has 0 fully saturated rings. The highest BCUT2D eigenvalue weighted by Gasteiger charge is 2.24. The fourth-order valence-electron chi connectivity index (χ4n) is 4.45. The first-order valence-electron chi connectivity index (χ1n) is 12.8. The van der Waals surface area contributed by atoms with E-state index in [0.29, 0.717) is 0 Å². The van der Waals surface area contributed by atoms with Gasteiger partial charge < -0.3 is 50.2 Å². The van der Waals surface area contributed by atoms with Crippen molar-refractivity contribution in [2.75, 3.05) is 72.0 Å². The second-order valence-corrected chi connectivity index (χ2v) is 9.25. The lowest BCUT2D eigenvalue weighted by molar-refractivity contribution is -0.138. The van der Waals surface area contributed by atoms with Crippen LogP contribution >= 0.6 is 0 Å². The molecule has 6 N–H and O–H groups in total. The predicted molar refractivity (Wildman–Crippen MR) is 152 cm³/mol. The summed E-state index contributed by atoms with van der Waals surface area (Å²) in [6.07, 6.45) is 0.138. The largest absolute Gasteiger partial charge is 0.480 e. The van der Waals surface area contributed by atoms with E-state index >= 15 is 0 Å². The summed E-state index contributed by atoms with van der Waals surface area (Å²) in [5.41, 5.74) is 0.817. The van der Waals surface area contributed by atoms with Gasteiger partial charge in [0, 0.05) is 13.1 Å². The quantitative estimate of drug-likeness (QED) is 0.121. The Morgan fingerprint density at radius 2 is 0.605 bits per heavy atom. The van der Waals surface area contributed by atoms with Crippen LogP contribution in [0.25, 0.3) is 0 Å². The van der Waals surface area contributed by atoms with Crippen LogP contribution in [0.15, 0.2) is 48.5 Å². The van der Waals surface area contributed by atoms with Crippen molar-refractivity contribution in [1.29, 1.82) is 0 Å². The number of nitrogens with zero attached hydrogens (tertiary/aromatic N) is 4. The molecule has 2 aromatic rings. The molecular weight excluding hydrogens is 572 g/mol. The van der Waals surface area contributed by atoms with E-state index in [0.717, 1.165) is 9.80 Å². The van der Waals surface area contributed by atoms with Crippen molar-refractivity contribution in [3.63, 3.8) is 0 Å². The van der Waals surface area contributed by atoms with Gasteiger partial charge >= 0.3 is 35.8 Å². The first-order chi connectivity index (χ1) is 20.3. The van der Waals surface area contributed by atoms with Gasteiger partial charge in [0.2, 0.25) is 0 Å². The summed E-state index contributed by atoms with van der Waals surface area (Å²) >= 11 is 0. The third-order valence-electron chi connectivity index (χ3n) is 5.94. The number of aliphatic carboxylic acids is 6. The molecule has 2 rings (SSSR count). The van der Waals surface area contributed by atoms with Crippen LogP contribution in [-0.4, -0.2) is 119 Å². The van der Waals surface area contributed by atoms with Gasteiger partial charge in [0.1, 0.15) is 39.3 Å². The molecule has 0 radical (unpaired) electrons. The number of anilines is 4. The highest BCUT2D eigenvalue weighted by molar-refractivity contribution is 5.86. The summed E-state index contributed by atoms with van der Waals surface area (Å²) in [4.78, 5) is 74.1. The van der Waals surface area contributed by atoms with Gasteiger partial charge in [-0.2, -0.15) is 0 Å². The van der Waals surface area contributed by atoms with Crippen LogP contribution < -0.4 is 19.6 Å². The Balaban J connectivity index is 2.42. The van der Waals surface area contributed by atoms with E-state index in [-0.39, 0.29) is 42.3 Å². The first-order valence-corrected chi connectivity index (χ1v) is 12.8. The lowest BCUT2D eigenvalue weighted by atomic mass is 10.1. The van der Waals surface area contributed by atoms with Crippen molar-refractivity contribution >= 4 is 58.6 Å². The van der Waals surface area contributed by atoms with Crippen molar-refractivity contribution < 1.29 is 59.4 Å². The molecule has 0 saturated heterocycles. The second kappa shape index (κ2) is 16.0. The average Bonchev–Trinajstić information content (AvgIpc) is 2.89. The summed E-state index contributed by atoms with van der Waals surface area (Å²) in [5, 5.41) is 56.4. The molecule has 43 heavy (non-hydrogen) atoms. The number of carbonyl (C=O) groups is 6. The molecule has 0 bridgehead atoms. The van der Waals surface area contributed by atoms with Gasteiger partial charge in [-0.05, 0) is 30.7 Å². The highest BCUT2D eigenvalue weighted by atomic mass is 16.4. The van der Waals surface area contributed by atoms with Crippen molar-refractivity contribution in [3.8, 4) is 0 Å². The lowest BCUT2D eigenvalue weighted by Gasteiger charge is -2.32. The molecule has 0 aliphatic carbocycles. The number of rotatable bonds is 20. The number of para-hydroxylation sites is 4. The molecule has 16 nitrogen and oxygen atoms in total. The van der Waals surface area contributed by atoms with E-state index in [1.807, 2.05) is 0 Å². The molecular formula is C27H32N4O12. The van der Waals surface area contributed by atoms with Gasteiger partial charge in [0.05, 0.1) is 22.7 Å². The monoisotopic (exact) mass is 604 g/mol. The number of carboxylic acid groups (broad SMARTS) is 6. The molecule has 2 aromatic carbocycles. The maximum Gasteiger partial charge on any atom is 0.323 e. The number of benzene rings is 2. The lowest BCUT2D eigenvalue weighted by Crippen LogP contribution is -2.39. The zero-order valence-electron chi connectivity index (χ0n) is 22.9. The maximum atomic E-state index is 11.7. The fraction of sp³-hybridized carbons (Fsp3) is 0.333. The Morgan fingerprint density at radius 3 is 0.837 bits per heavy atom. The van der Waals surface area contributed by atoms with Crippen LogP contribution in [0.5, 0.6) is 0 Å². The molecule has 0 amide bonds. The normalized spacial score (nSPS) is 10.4.